The number of hydroxylamine groups is 1. The Bertz CT molecular complexity index is 1660. The number of piperazine rings is 1. The van der Waals surface area contributed by atoms with Crippen molar-refractivity contribution in [2.24, 2.45) is 0 Å². The quantitative estimate of drug-likeness (QED) is 0.294. The third kappa shape index (κ3) is 7.18. The van der Waals surface area contributed by atoms with Crippen LogP contribution in [0.4, 0.5) is 33.1 Å². The summed E-state index contributed by atoms with van der Waals surface area (Å²) in [6.07, 6.45) is 5.17. The molecule has 1 unspecified atom stereocenters. The van der Waals surface area contributed by atoms with Gasteiger partial charge in [-0.3, -0.25) is 19.3 Å². The van der Waals surface area contributed by atoms with Gasteiger partial charge in [-0.15, -0.1) is 0 Å². The Morgan fingerprint density at radius 1 is 1.06 bits per heavy atom. The molecule has 48 heavy (non-hydrogen) atoms. The van der Waals surface area contributed by atoms with E-state index in [9.17, 15) is 14.0 Å². The van der Waals surface area contributed by atoms with Crippen molar-refractivity contribution < 1.29 is 23.6 Å². The van der Waals surface area contributed by atoms with Crippen LogP contribution < -0.4 is 25.3 Å². The Kier molecular flexibility index (Phi) is 10.3. The van der Waals surface area contributed by atoms with Gasteiger partial charge in [-0.05, 0) is 36.6 Å². The second-order valence-corrected chi connectivity index (χ2v) is 12.4. The standard InChI is InChI=1S/C34H40ClFN8O4/c1-4-33(46)40-26-18-27(30(47-3)19-29(26)43-11-8-23(9-12-43)42-15-13-41(14-16-42)22(2)45)39-31-20-32(38-21-37-31)44-28(10-17-48-44)24-6-5-7-25(36)34(24)35/h4-7,18-21,23,28H,1,8-17H2,2-3H3,(H,40,46)(H,37,38,39). The summed E-state index contributed by atoms with van der Waals surface area (Å²) in [6, 6.07) is 10.3. The number of hydrogen-bond donors (Lipinski definition) is 2. The molecule has 6 rings (SSSR count). The molecule has 3 aliphatic heterocycles. The van der Waals surface area contributed by atoms with E-state index < -0.39 is 5.82 Å². The van der Waals surface area contributed by atoms with Crippen molar-refractivity contribution >= 4 is 52.1 Å². The smallest absolute Gasteiger partial charge is 0.247 e. The van der Waals surface area contributed by atoms with E-state index in [4.69, 9.17) is 21.2 Å². The number of anilines is 5. The molecule has 0 radical (unpaired) electrons. The van der Waals surface area contributed by atoms with E-state index in [2.05, 4.69) is 37.0 Å². The van der Waals surface area contributed by atoms with Crippen molar-refractivity contribution in [3.8, 4) is 5.75 Å². The molecular weight excluding hydrogens is 639 g/mol. The second-order valence-electron chi connectivity index (χ2n) is 12.0. The first-order valence-electron chi connectivity index (χ1n) is 16.1. The van der Waals surface area contributed by atoms with Crippen molar-refractivity contribution in [1.82, 2.24) is 19.8 Å². The largest absolute Gasteiger partial charge is 0.494 e. The lowest BCUT2D eigenvalue weighted by Crippen LogP contribution is -2.54. The molecular formula is C34H40ClFN8O4. The molecule has 12 nitrogen and oxygen atoms in total. The van der Waals surface area contributed by atoms with E-state index in [-0.39, 0.29) is 22.9 Å². The number of piperidine rings is 1. The number of hydrogen-bond acceptors (Lipinski definition) is 10. The first-order chi connectivity index (χ1) is 23.2. The number of benzene rings is 2. The maximum Gasteiger partial charge on any atom is 0.247 e. The Labute approximate surface area is 284 Å². The van der Waals surface area contributed by atoms with Crippen LogP contribution >= 0.6 is 11.6 Å². The fourth-order valence-electron chi connectivity index (χ4n) is 6.68. The van der Waals surface area contributed by atoms with Crippen LogP contribution in [0.25, 0.3) is 0 Å². The number of nitrogens with one attached hydrogen (secondary N) is 2. The molecule has 3 fully saturated rings. The first kappa shape index (κ1) is 33.4. The monoisotopic (exact) mass is 678 g/mol. The van der Waals surface area contributed by atoms with Gasteiger partial charge < -0.3 is 25.2 Å². The number of methoxy groups -OCH3 is 1. The summed E-state index contributed by atoms with van der Waals surface area (Å²) in [6.45, 7) is 10.6. The first-order valence-corrected chi connectivity index (χ1v) is 16.5. The van der Waals surface area contributed by atoms with Crippen LogP contribution in [0.15, 0.2) is 55.4 Å². The zero-order chi connectivity index (χ0) is 33.8. The van der Waals surface area contributed by atoms with Gasteiger partial charge in [0.15, 0.2) is 5.82 Å². The lowest BCUT2D eigenvalue weighted by molar-refractivity contribution is -0.131. The molecule has 0 spiro atoms. The molecule has 2 amide bonds. The molecule has 2 N–H and O–H groups in total. The topological polar surface area (TPSA) is 115 Å². The van der Waals surface area contributed by atoms with E-state index in [1.165, 1.54) is 18.5 Å². The van der Waals surface area contributed by atoms with E-state index in [1.807, 2.05) is 17.0 Å². The van der Waals surface area contributed by atoms with Gasteiger partial charge in [-0.25, -0.2) is 19.4 Å². The lowest BCUT2D eigenvalue weighted by atomic mass is 10.0. The number of aromatic nitrogens is 2. The highest BCUT2D eigenvalue weighted by molar-refractivity contribution is 6.31. The summed E-state index contributed by atoms with van der Waals surface area (Å²) in [5, 5.41) is 7.96. The second kappa shape index (κ2) is 14.8. The molecule has 0 aliphatic carbocycles. The van der Waals surface area contributed by atoms with Gasteiger partial charge in [0.2, 0.25) is 11.8 Å². The summed E-state index contributed by atoms with van der Waals surface area (Å²) in [4.78, 5) is 45.7. The van der Waals surface area contributed by atoms with E-state index in [0.29, 0.717) is 53.4 Å². The molecule has 1 atom stereocenters. The Balaban J connectivity index is 1.21. The fraction of sp³-hybridized carbons (Fsp3) is 0.412. The predicted molar refractivity (Wildman–Crippen MR) is 183 cm³/mol. The third-order valence-corrected chi connectivity index (χ3v) is 9.63. The average Bonchev–Trinajstić information content (AvgIpc) is 3.60. The van der Waals surface area contributed by atoms with E-state index in [0.717, 1.165) is 57.8 Å². The SMILES string of the molecule is C=CC(=O)Nc1cc(Nc2cc(N3OCCC3c3cccc(F)c3Cl)ncn2)c(OC)cc1N1CCC(N2CCN(C(C)=O)CC2)CC1. The lowest BCUT2D eigenvalue weighted by Gasteiger charge is -2.43. The maximum absolute atomic E-state index is 14.3. The van der Waals surface area contributed by atoms with Crippen molar-refractivity contribution in [2.75, 3.05) is 73.6 Å². The van der Waals surface area contributed by atoms with Crippen LogP contribution in [0, 0.1) is 5.82 Å². The van der Waals surface area contributed by atoms with Crippen LogP contribution in [0.2, 0.25) is 5.02 Å². The van der Waals surface area contributed by atoms with Crippen molar-refractivity contribution in [3.05, 3.63) is 71.8 Å². The highest BCUT2D eigenvalue weighted by atomic mass is 35.5. The summed E-state index contributed by atoms with van der Waals surface area (Å²) in [7, 11) is 1.59. The molecule has 2 aromatic carbocycles. The van der Waals surface area contributed by atoms with Crippen LogP contribution in [0.5, 0.6) is 5.75 Å². The van der Waals surface area contributed by atoms with Gasteiger partial charge in [0.1, 0.15) is 23.7 Å². The Morgan fingerprint density at radius 3 is 2.54 bits per heavy atom. The molecule has 1 aromatic heterocycles. The summed E-state index contributed by atoms with van der Waals surface area (Å²) < 4.78 is 20.1. The van der Waals surface area contributed by atoms with Gasteiger partial charge >= 0.3 is 0 Å². The number of ether oxygens (including phenoxy) is 1. The van der Waals surface area contributed by atoms with Crippen molar-refractivity contribution in [1.29, 1.82) is 0 Å². The molecule has 254 valence electrons. The number of rotatable bonds is 9. The number of halogens is 2. The normalized spacial score (nSPS) is 18.9. The molecule has 3 aliphatic rings. The zero-order valence-corrected chi connectivity index (χ0v) is 27.9. The van der Waals surface area contributed by atoms with Gasteiger partial charge in [0, 0.05) is 70.8 Å². The number of amides is 2. The highest BCUT2D eigenvalue weighted by Crippen LogP contribution is 2.41. The van der Waals surface area contributed by atoms with Crippen molar-refractivity contribution in [3.63, 3.8) is 0 Å². The third-order valence-electron chi connectivity index (χ3n) is 9.23. The van der Waals surface area contributed by atoms with Gasteiger partial charge in [0.25, 0.3) is 0 Å². The fourth-order valence-corrected chi connectivity index (χ4v) is 6.94. The maximum atomic E-state index is 14.3. The van der Waals surface area contributed by atoms with Crippen molar-refractivity contribution in [2.45, 2.75) is 38.3 Å². The van der Waals surface area contributed by atoms with E-state index in [1.54, 1.807) is 37.3 Å². The summed E-state index contributed by atoms with van der Waals surface area (Å²) in [5.74, 6) is 0.795. The average molecular weight is 679 g/mol. The molecule has 3 aromatic rings. The summed E-state index contributed by atoms with van der Waals surface area (Å²) in [5.41, 5.74) is 2.64. The minimum absolute atomic E-state index is 0.0565. The zero-order valence-electron chi connectivity index (χ0n) is 27.1. The molecule has 3 saturated heterocycles. The minimum Gasteiger partial charge on any atom is -0.494 e. The number of carbonyl (C=O) groups is 2. The number of carbonyl (C=O) groups excluding carboxylic acids is 2. The highest BCUT2D eigenvalue weighted by Gasteiger charge is 2.32. The van der Waals surface area contributed by atoms with Gasteiger partial charge in [-0.2, -0.15) is 0 Å². The molecule has 0 saturated carbocycles. The van der Waals surface area contributed by atoms with E-state index >= 15 is 0 Å². The Morgan fingerprint density at radius 2 is 1.83 bits per heavy atom. The van der Waals surface area contributed by atoms with Gasteiger partial charge in [-0.1, -0.05) is 30.3 Å². The molecule has 14 heteroatoms. The van der Waals surface area contributed by atoms with Crippen LogP contribution in [-0.2, 0) is 14.4 Å². The summed E-state index contributed by atoms with van der Waals surface area (Å²) >= 11 is 6.32. The minimum atomic E-state index is -0.491. The Hall–Kier alpha value is -4.46. The van der Waals surface area contributed by atoms with Crippen LogP contribution in [0.1, 0.15) is 37.8 Å². The molecule has 4 heterocycles. The number of nitrogens with zero attached hydrogens (tertiary/aromatic N) is 6. The molecule has 0 bridgehead atoms. The van der Waals surface area contributed by atoms with Gasteiger partial charge in [0.05, 0.1) is 41.8 Å². The van der Waals surface area contributed by atoms with Crippen LogP contribution in [-0.4, -0.2) is 90.6 Å². The predicted octanol–water partition coefficient (Wildman–Crippen LogP) is 5.16. The van der Waals surface area contributed by atoms with Crippen LogP contribution in [0.3, 0.4) is 0 Å².